The Bertz CT molecular complexity index is 678. The molecule has 114 valence electrons. The fourth-order valence-corrected chi connectivity index (χ4v) is 3.16. The predicted octanol–water partition coefficient (Wildman–Crippen LogP) is 1.43. The molecule has 1 aromatic carbocycles. The van der Waals surface area contributed by atoms with Gasteiger partial charge in [-0.15, -0.1) is 5.10 Å². The standard InChI is InChI=1S/C13H19N5O2S/c1-4-9-14-21(19,20)13(2,3)11-7-5-10(6-8-11)12-15-17-18-16-12/h5-8,14H,4,9H2,1-3H3,(H,15,16,17,18). The summed E-state index contributed by atoms with van der Waals surface area (Å²) in [5, 5.41) is 13.5. The largest absolute Gasteiger partial charge is 0.239 e. The number of H-pyrrole nitrogens is 1. The molecule has 0 bridgehead atoms. The first kappa shape index (κ1) is 15.6. The number of hydrogen-bond donors (Lipinski definition) is 2. The van der Waals surface area contributed by atoms with Crippen molar-refractivity contribution in [2.45, 2.75) is 31.9 Å². The minimum Gasteiger partial charge on any atom is -0.239 e. The van der Waals surface area contributed by atoms with Gasteiger partial charge in [-0.25, -0.2) is 18.2 Å². The molecule has 2 rings (SSSR count). The van der Waals surface area contributed by atoms with Gasteiger partial charge in [0, 0.05) is 12.1 Å². The number of sulfonamides is 1. The third-order valence-electron chi connectivity index (χ3n) is 3.41. The van der Waals surface area contributed by atoms with Crippen LogP contribution in [0.15, 0.2) is 24.3 Å². The van der Waals surface area contributed by atoms with E-state index in [1.54, 1.807) is 38.1 Å². The van der Waals surface area contributed by atoms with Crippen LogP contribution in [-0.4, -0.2) is 35.6 Å². The molecule has 7 nitrogen and oxygen atoms in total. The zero-order chi connectivity index (χ0) is 15.5. The molecule has 21 heavy (non-hydrogen) atoms. The lowest BCUT2D eigenvalue weighted by atomic mass is 10.0. The molecule has 0 amide bonds. The van der Waals surface area contributed by atoms with Gasteiger partial charge in [-0.1, -0.05) is 31.2 Å². The fourth-order valence-electron chi connectivity index (χ4n) is 1.88. The van der Waals surface area contributed by atoms with E-state index in [2.05, 4.69) is 25.3 Å². The highest BCUT2D eigenvalue weighted by Crippen LogP contribution is 2.30. The van der Waals surface area contributed by atoms with Crippen LogP contribution in [0.4, 0.5) is 0 Å². The second-order valence-electron chi connectivity index (χ2n) is 5.24. The highest BCUT2D eigenvalue weighted by molar-refractivity contribution is 7.90. The molecule has 2 aromatic rings. The van der Waals surface area contributed by atoms with Crippen molar-refractivity contribution in [2.75, 3.05) is 6.54 Å². The summed E-state index contributed by atoms with van der Waals surface area (Å²) in [4.78, 5) is 0. The minimum atomic E-state index is -3.44. The number of tetrazole rings is 1. The van der Waals surface area contributed by atoms with Crippen molar-refractivity contribution in [3.63, 3.8) is 0 Å². The van der Waals surface area contributed by atoms with E-state index < -0.39 is 14.8 Å². The molecule has 0 aliphatic rings. The Kier molecular flexibility index (Phi) is 4.38. The normalized spacial score (nSPS) is 12.5. The summed E-state index contributed by atoms with van der Waals surface area (Å²) in [7, 11) is -3.44. The van der Waals surface area contributed by atoms with Crippen LogP contribution in [0.5, 0.6) is 0 Å². The Morgan fingerprint density at radius 1 is 1.24 bits per heavy atom. The number of aromatic nitrogens is 4. The molecule has 8 heteroatoms. The Morgan fingerprint density at radius 2 is 1.90 bits per heavy atom. The second kappa shape index (κ2) is 5.90. The molecule has 0 aliphatic carbocycles. The highest BCUT2D eigenvalue weighted by Gasteiger charge is 2.35. The van der Waals surface area contributed by atoms with Crippen molar-refractivity contribution in [3.8, 4) is 11.4 Å². The number of benzene rings is 1. The van der Waals surface area contributed by atoms with Crippen LogP contribution in [0.3, 0.4) is 0 Å². The van der Waals surface area contributed by atoms with E-state index in [0.717, 1.165) is 12.0 Å². The summed E-state index contributed by atoms with van der Waals surface area (Å²) in [6.45, 7) is 5.75. The minimum absolute atomic E-state index is 0.438. The molecule has 0 fully saturated rings. The van der Waals surface area contributed by atoms with Gasteiger partial charge < -0.3 is 0 Å². The number of rotatable bonds is 6. The molecule has 0 aliphatic heterocycles. The molecule has 2 N–H and O–H groups in total. The maximum absolute atomic E-state index is 12.4. The van der Waals surface area contributed by atoms with Crippen molar-refractivity contribution in [1.29, 1.82) is 0 Å². The third-order valence-corrected chi connectivity index (χ3v) is 5.58. The van der Waals surface area contributed by atoms with Gasteiger partial charge >= 0.3 is 0 Å². The van der Waals surface area contributed by atoms with Gasteiger partial charge in [0.05, 0.1) is 0 Å². The lowest BCUT2D eigenvalue weighted by molar-refractivity contribution is 0.539. The molecular formula is C13H19N5O2S. The van der Waals surface area contributed by atoms with E-state index in [1.807, 2.05) is 6.92 Å². The average Bonchev–Trinajstić information content (AvgIpc) is 2.99. The summed E-state index contributed by atoms with van der Waals surface area (Å²) in [5.41, 5.74) is 1.51. The van der Waals surface area contributed by atoms with Crippen LogP contribution in [0, 0.1) is 0 Å². The molecule has 1 heterocycles. The number of aromatic amines is 1. The smallest absolute Gasteiger partial charge is 0.221 e. The summed E-state index contributed by atoms with van der Waals surface area (Å²) in [5.74, 6) is 0.548. The molecule has 0 saturated heterocycles. The summed E-state index contributed by atoms with van der Waals surface area (Å²) in [6, 6.07) is 7.16. The summed E-state index contributed by atoms with van der Waals surface area (Å²) >= 11 is 0. The van der Waals surface area contributed by atoms with Gasteiger partial charge in [-0.05, 0) is 36.3 Å². The van der Waals surface area contributed by atoms with E-state index >= 15 is 0 Å². The highest BCUT2D eigenvalue weighted by atomic mass is 32.2. The monoisotopic (exact) mass is 309 g/mol. The van der Waals surface area contributed by atoms with Crippen molar-refractivity contribution < 1.29 is 8.42 Å². The Labute approximate surface area is 124 Å². The zero-order valence-corrected chi connectivity index (χ0v) is 13.1. The van der Waals surface area contributed by atoms with Crippen molar-refractivity contribution in [1.82, 2.24) is 25.3 Å². The molecule has 0 unspecified atom stereocenters. The maximum atomic E-state index is 12.4. The fraction of sp³-hybridized carbons (Fsp3) is 0.462. The van der Waals surface area contributed by atoms with Gasteiger partial charge in [0.2, 0.25) is 10.0 Å². The number of hydrogen-bond acceptors (Lipinski definition) is 5. The molecule has 1 aromatic heterocycles. The van der Waals surface area contributed by atoms with Crippen LogP contribution >= 0.6 is 0 Å². The lowest BCUT2D eigenvalue weighted by Crippen LogP contribution is -2.39. The maximum Gasteiger partial charge on any atom is 0.221 e. The van der Waals surface area contributed by atoms with Crippen LogP contribution < -0.4 is 4.72 Å². The van der Waals surface area contributed by atoms with Gasteiger partial charge in [0.25, 0.3) is 0 Å². The molecule has 0 saturated carbocycles. The topological polar surface area (TPSA) is 101 Å². The van der Waals surface area contributed by atoms with Gasteiger partial charge in [0.15, 0.2) is 5.82 Å². The van der Waals surface area contributed by atoms with E-state index in [4.69, 9.17) is 0 Å². The Balaban J connectivity index is 2.28. The van der Waals surface area contributed by atoms with E-state index in [-0.39, 0.29) is 0 Å². The zero-order valence-electron chi connectivity index (χ0n) is 12.3. The van der Waals surface area contributed by atoms with Crippen LogP contribution in [0.2, 0.25) is 0 Å². The molecule has 0 radical (unpaired) electrons. The van der Waals surface area contributed by atoms with Gasteiger partial charge in [-0.3, -0.25) is 0 Å². The average molecular weight is 309 g/mol. The quantitative estimate of drug-likeness (QED) is 0.840. The third kappa shape index (κ3) is 3.11. The molecular weight excluding hydrogens is 290 g/mol. The van der Waals surface area contributed by atoms with Gasteiger partial charge in [-0.2, -0.15) is 0 Å². The first-order valence-corrected chi connectivity index (χ1v) is 8.20. The van der Waals surface area contributed by atoms with Crippen molar-refractivity contribution >= 4 is 10.0 Å². The van der Waals surface area contributed by atoms with Crippen LogP contribution in [0.1, 0.15) is 32.8 Å². The number of nitrogens with one attached hydrogen (secondary N) is 2. The first-order valence-electron chi connectivity index (χ1n) is 6.72. The summed E-state index contributed by atoms with van der Waals surface area (Å²) < 4.78 is 26.4. The van der Waals surface area contributed by atoms with Crippen LogP contribution in [-0.2, 0) is 14.8 Å². The first-order chi connectivity index (χ1) is 9.88. The van der Waals surface area contributed by atoms with E-state index in [9.17, 15) is 8.42 Å². The predicted molar refractivity (Wildman–Crippen MR) is 79.9 cm³/mol. The SMILES string of the molecule is CCCNS(=O)(=O)C(C)(C)c1ccc(-c2nnn[nH]2)cc1. The molecule has 0 spiro atoms. The van der Waals surface area contributed by atoms with E-state index in [1.165, 1.54) is 0 Å². The summed E-state index contributed by atoms with van der Waals surface area (Å²) in [6.07, 6.45) is 0.757. The Morgan fingerprint density at radius 3 is 2.43 bits per heavy atom. The molecule has 0 atom stereocenters. The van der Waals surface area contributed by atoms with Crippen molar-refractivity contribution in [3.05, 3.63) is 29.8 Å². The second-order valence-corrected chi connectivity index (χ2v) is 7.55. The Hall–Kier alpha value is -1.80. The van der Waals surface area contributed by atoms with Crippen molar-refractivity contribution in [2.24, 2.45) is 0 Å². The van der Waals surface area contributed by atoms with Crippen LogP contribution in [0.25, 0.3) is 11.4 Å². The van der Waals surface area contributed by atoms with Gasteiger partial charge in [0.1, 0.15) is 4.75 Å². The van der Waals surface area contributed by atoms with E-state index in [0.29, 0.717) is 17.9 Å². The lowest BCUT2D eigenvalue weighted by Gasteiger charge is -2.25. The number of nitrogens with zero attached hydrogens (tertiary/aromatic N) is 3.